The van der Waals surface area contributed by atoms with Crippen molar-refractivity contribution in [2.75, 3.05) is 6.54 Å². The van der Waals surface area contributed by atoms with E-state index in [-0.39, 0.29) is 24.3 Å². The van der Waals surface area contributed by atoms with E-state index >= 15 is 0 Å². The summed E-state index contributed by atoms with van der Waals surface area (Å²) in [6, 6.07) is 9.83. The van der Waals surface area contributed by atoms with Crippen LogP contribution in [0.15, 0.2) is 41.6 Å². The van der Waals surface area contributed by atoms with Gasteiger partial charge in [0.1, 0.15) is 12.2 Å². The third-order valence-electron chi connectivity index (χ3n) is 5.34. The molecule has 25 heavy (non-hydrogen) atoms. The maximum atomic E-state index is 13.1. The Morgan fingerprint density at radius 2 is 2.00 bits per heavy atom. The number of ketones is 1. The molecular weight excluding hydrogens is 314 g/mol. The fourth-order valence-electron chi connectivity index (χ4n) is 4.17. The highest BCUT2D eigenvalue weighted by atomic mass is 16.5. The van der Waals surface area contributed by atoms with Crippen molar-refractivity contribution in [1.82, 2.24) is 4.90 Å². The van der Waals surface area contributed by atoms with Gasteiger partial charge in [0, 0.05) is 24.2 Å². The zero-order valence-electron chi connectivity index (χ0n) is 15.2. The van der Waals surface area contributed by atoms with Crippen LogP contribution in [0.3, 0.4) is 0 Å². The van der Waals surface area contributed by atoms with E-state index in [9.17, 15) is 9.59 Å². The van der Waals surface area contributed by atoms with Crippen LogP contribution < -0.4 is 0 Å². The maximum absolute atomic E-state index is 13.1. The molecule has 2 heterocycles. The smallest absolute Gasteiger partial charge is 0.343 e. The average molecular weight is 341 g/mol. The molecule has 0 saturated carbocycles. The van der Waals surface area contributed by atoms with E-state index < -0.39 is 5.97 Å². The molecule has 1 fully saturated rings. The number of benzene rings is 1. The van der Waals surface area contributed by atoms with Gasteiger partial charge in [-0.2, -0.15) is 0 Å². The highest BCUT2D eigenvalue weighted by Crippen LogP contribution is 2.39. The molecule has 1 saturated heterocycles. The molecule has 4 heteroatoms. The van der Waals surface area contributed by atoms with Gasteiger partial charge in [-0.1, -0.05) is 50.6 Å². The van der Waals surface area contributed by atoms with Crippen molar-refractivity contribution in [1.29, 1.82) is 0 Å². The summed E-state index contributed by atoms with van der Waals surface area (Å²) in [5.41, 5.74) is 2.17. The highest BCUT2D eigenvalue weighted by Gasteiger charge is 2.44. The molecule has 0 aliphatic carbocycles. The van der Waals surface area contributed by atoms with E-state index in [0.29, 0.717) is 5.57 Å². The van der Waals surface area contributed by atoms with Crippen LogP contribution in [0.25, 0.3) is 0 Å². The molecule has 0 spiro atoms. The Labute approximate surface area is 149 Å². The molecular formula is C21H27NO3. The molecule has 3 rings (SSSR count). The van der Waals surface area contributed by atoms with Crippen LogP contribution in [-0.4, -0.2) is 29.2 Å². The lowest BCUT2D eigenvalue weighted by Gasteiger charge is -2.40. The van der Waals surface area contributed by atoms with Crippen molar-refractivity contribution in [3.8, 4) is 0 Å². The second-order valence-electron chi connectivity index (χ2n) is 6.92. The third-order valence-corrected chi connectivity index (χ3v) is 5.34. The van der Waals surface area contributed by atoms with Crippen LogP contribution in [0.5, 0.6) is 0 Å². The summed E-state index contributed by atoms with van der Waals surface area (Å²) in [6.07, 6.45) is 4.63. The fraction of sp³-hybridized carbons (Fsp3) is 0.524. The van der Waals surface area contributed by atoms with Crippen LogP contribution in [0.1, 0.15) is 51.5 Å². The summed E-state index contributed by atoms with van der Waals surface area (Å²) in [7, 11) is 0. The Hall–Kier alpha value is -2.10. The number of nitrogens with zero attached hydrogens (tertiary/aromatic N) is 1. The normalized spacial score (nSPS) is 23.0. The van der Waals surface area contributed by atoms with Gasteiger partial charge in [-0.3, -0.25) is 4.79 Å². The second-order valence-corrected chi connectivity index (χ2v) is 6.92. The Bertz CT molecular complexity index is 665. The molecule has 0 radical (unpaired) electrons. The molecule has 1 aromatic rings. The summed E-state index contributed by atoms with van der Waals surface area (Å²) in [4.78, 5) is 28.1. The number of hydrogen-bond acceptors (Lipinski definition) is 4. The van der Waals surface area contributed by atoms with Crippen molar-refractivity contribution in [2.24, 2.45) is 5.92 Å². The van der Waals surface area contributed by atoms with Gasteiger partial charge in [0.15, 0.2) is 5.78 Å². The minimum Gasteiger partial charge on any atom is -0.457 e. The van der Waals surface area contributed by atoms with Crippen molar-refractivity contribution < 1.29 is 14.3 Å². The Balaban J connectivity index is 1.84. The van der Waals surface area contributed by atoms with Gasteiger partial charge in [-0.05, 0) is 31.2 Å². The van der Waals surface area contributed by atoms with Gasteiger partial charge in [-0.15, -0.1) is 0 Å². The minimum atomic E-state index is -0.454. The topological polar surface area (TPSA) is 46.6 Å². The standard InChI is InChI=1S/C21H27NO3/c1-3-9-17-16(4-2)20(23)19(18-12-8-13-22(17)18)21(24)25-14-15-10-6-5-7-11-15/h5-7,10-11,16-17H,3-4,8-9,12-14H2,1-2H3/t16-,17+/m0/s1. The van der Waals surface area contributed by atoms with Gasteiger partial charge in [0.05, 0.1) is 0 Å². The number of Topliss-reactive ketones (excluding diaryl/α,β-unsaturated/α-hetero) is 1. The van der Waals surface area contributed by atoms with Gasteiger partial charge < -0.3 is 9.64 Å². The van der Waals surface area contributed by atoms with Gasteiger partial charge in [0.2, 0.25) is 0 Å². The molecule has 1 aromatic carbocycles. The van der Waals surface area contributed by atoms with E-state index in [4.69, 9.17) is 4.74 Å². The number of hydrogen-bond donors (Lipinski definition) is 0. The number of carbonyl (C=O) groups excluding carboxylic acids is 2. The number of rotatable bonds is 6. The molecule has 4 nitrogen and oxygen atoms in total. The zero-order valence-corrected chi connectivity index (χ0v) is 15.2. The van der Waals surface area contributed by atoms with Crippen molar-refractivity contribution in [3.63, 3.8) is 0 Å². The first-order chi connectivity index (χ1) is 12.2. The van der Waals surface area contributed by atoms with E-state index in [2.05, 4.69) is 11.8 Å². The fourth-order valence-corrected chi connectivity index (χ4v) is 4.17. The zero-order chi connectivity index (χ0) is 17.8. The van der Waals surface area contributed by atoms with Crippen LogP contribution in [0.4, 0.5) is 0 Å². The second kappa shape index (κ2) is 7.85. The molecule has 0 bridgehead atoms. The van der Waals surface area contributed by atoms with Crippen LogP contribution in [0, 0.1) is 5.92 Å². The highest BCUT2D eigenvalue weighted by molar-refractivity contribution is 6.19. The lowest BCUT2D eigenvalue weighted by Crippen LogP contribution is -2.47. The summed E-state index contributed by atoms with van der Waals surface area (Å²) in [5.74, 6) is -0.558. The van der Waals surface area contributed by atoms with Crippen molar-refractivity contribution >= 4 is 11.8 Å². The number of fused-ring (bicyclic) bond motifs is 1. The molecule has 2 aliphatic rings. The lowest BCUT2D eigenvalue weighted by atomic mass is 9.81. The molecule has 134 valence electrons. The SMILES string of the molecule is CCC[C@@H]1[C@H](CC)C(=O)C(C(=O)OCc2ccccc2)=C2CCCN21. The lowest BCUT2D eigenvalue weighted by molar-refractivity contribution is -0.143. The summed E-state index contributed by atoms with van der Waals surface area (Å²) in [5, 5.41) is 0. The quantitative estimate of drug-likeness (QED) is 0.582. The van der Waals surface area contributed by atoms with Crippen molar-refractivity contribution in [2.45, 2.75) is 58.6 Å². The van der Waals surface area contributed by atoms with Crippen molar-refractivity contribution in [3.05, 3.63) is 47.2 Å². The number of carbonyl (C=O) groups is 2. The third kappa shape index (κ3) is 3.48. The molecule has 0 N–H and O–H groups in total. The van der Waals surface area contributed by atoms with E-state index in [1.54, 1.807) is 0 Å². The number of ether oxygens (including phenoxy) is 1. The van der Waals surface area contributed by atoms with Crippen LogP contribution >= 0.6 is 0 Å². The largest absolute Gasteiger partial charge is 0.457 e. The van der Waals surface area contributed by atoms with Gasteiger partial charge in [0.25, 0.3) is 0 Å². The van der Waals surface area contributed by atoms with E-state index in [0.717, 1.165) is 49.9 Å². The number of esters is 1. The maximum Gasteiger partial charge on any atom is 0.343 e. The molecule has 0 amide bonds. The molecule has 0 aromatic heterocycles. The first-order valence-corrected chi connectivity index (χ1v) is 9.42. The predicted octanol–water partition coefficient (Wildman–Crippen LogP) is 3.86. The summed E-state index contributed by atoms with van der Waals surface area (Å²) < 4.78 is 5.49. The Morgan fingerprint density at radius 1 is 1.24 bits per heavy atom. The predicted molar refractivity (Wildman–Crippen MR) is 96.7 cm³/mol. The van der Waals surface area contributed by atoms with Gasteiger partial charge in [-0.25, -0.2) is 4.79 Å². The molecule has 2 aliphatic heterocycles. The average Bonchev–Trinajstić information content (AvgIpc) is 3.10. The van der Waals surface area contributed by atoms with Crippen LogP contribution in [-0.2, 0) is 20.9 Å². The summed E-state index contributed by atoms with van der Waals surface area (Å²) >= 11 is 0. The Kier molecular flexibility index (Phi) is 5.57. The van der Waals surface area contributed by atoms with E-state index in [1.807, 2.05) is 37.3 Å². The monoisotopic (exact) mass is 341 g/mol. The van der Waals surface area contributed by atoms with E-state index in [1.165, 1.54) is 0 Å². The Morgan fingerprint density at radius 3 is 2.68 bits per heavy atom. The molecule has 0 unspecified atom stereocenters. The molecule has 2 atom stereocenters. The summed E-state index contributed by atoms with van der Waals surface area (Å²) in [6.45, 7) is 5.34. The number of allylic oxidation sites excluding steroid dienone is 1. The van der Waals surface area contributed by atoms with Gasteiger partial charge >= 0.3 is 5.97 Å². The van der Waals surface area contributed by atoms with Crippen LogP contribution in [0.2, 0.25) is 0 Å². The first kappa shape index (κ1) is 17.7. The first-order valence-electron chi connectivity index (χ1n) is 9.42. The minimum absolute atomic E-state index is 0.00726.